The van der Waals surface area contributed by atoms with Crippen molar-refractivity contribution in [3.8, 4) is 0 Å². The average molecular weight is 346 g/mol. The molecule has 1 aliphatic carbocycles. The minimum Gasteiger partial charge on any atom is -0.354 e. The van der Waals surface area contributed by atoms with Gasteiger partial charge in [0.1, 0.15) is 5.69 Å². The van der Waals surface area contributed by atoms with E-state index in [1.54, 1.807) is 19.6 Å². The molecule has 0 aliphatic heterocycles. The number of benzene rings is 1. The number of rotatable bonds is 2. The number of aryl methyl sites for hydroxylation is 1. The number of imidazole rings is 1. The molecule has 0 saturated carbocycles. The highest BCUT2D eigenvalue weighted by atomic mass is 16.9. The van der Waals surface area contributed by atoms with Gasteiger partial charge in [0.15, 0.2) is 0 Å². The first-order valence-electron chi connectivity index (χ1n) is 7.93. The average Bonchev–Trinajstić information content (AvgIpc) is 3.01. The van der Waals surface area contributed by atoms with Crippen LogP contribution in [-0.2, 0) is 6.42 Å². The topological polar surface area (TPSA) is 110 Å². The Morgan fingerprint density at radius 1 is 1.44 bits per heavy atom. The van der Waals surface area contributed by atoms with Crippen molar-refractivity contribution in [3.05, 3.63) is 63.7 Å². The standard InChI is InChI=1S/C17H21N3O.HNO3/c1-17(2)9-8-12-6-4-5-7-13(12)15(17)20-11-19-10-14(20)16(21)18-3;2-1(3)4/h4-7,10-11,15H,8-9H2,1-3H3,(H,18,21);(H,2,3,4). The van der Waals surface area contributed by atoms with Crippen molar-refractivity contribution >= 4 is 5.91 Å². The highest BCUT2D eigenvalue weighted by molar-refractivity contribution is 5.92. The molecule has 8 nitrogen and oxygen atoms in total. The molecule has 0 bridgehead atoms. The van der Waals surface area contributed by atoms with E-state index in [4.69, 9.17) is 15.3 Å². The Bertz CT molecular complexity index is 766. The van der Waals surface area contributed by atoms with E-state index in [2.05, 4.69) is 48.4 Å². The third kappa shape index (κ3) is 3.96. The maximum Gasteiger partial charge on any atom is 0.291 e. The van der Waals surface area contributed by atoms with Gasteiger partial charge in [-0.2, -0.15) is 0 Å². The van der Waals surface area contributed by atoms with E-state index >= 15 is 0 Å². The molecule has 1 heterocycles. The summed E-state index contributed by atoms with van der Waals surface area (Å²) in [4.78, 5) is 24.7. The minimum absolute atomic E-state index is 0.0812. The van der Waals surface area contributed by atoms with E-state index < -0.39 is 5.09 Å². The summed E-state index contributed by atoms with van der Waals surface area (Å²) in [6.07, 6.45) is 5.61. The molecular formula is C17H22N4O4. The number of nitrogens with zero attached hydrogens (tertiary/aromatic N) is 3. The van der Waals surface area contributed by atoms with E-state index in [0.717, 1.165) is 12.8 Å². The van der Waals surface area contributed by atoms with Crippen molar-refractivity contribution in [2.24, 2.45) is 5.41 Å². The number of hydrogen-bond acceptors (Lipinski definition) is 4. The second-order valence-corrected chi connectivity index (χ2v) is 6.59. The Kier molecular flexibility index (Phi) is 5.41. The third-order valence-electron chi connectivity index (χ3n) is 4.53. The van der Waals surface area contributed by atoms with Crippen LogP contribution >= 0.6 is 0 Å². The van der Waals surface area contributed by atoms with Crippen LogP contribution in [0.5, 0.6) is 0 Å². The fourth-order valence-corrected chi connectivity index (χ4v) is 3.38. The van der Waals surface area contributed by atoms with E-state index in [1.807, 2.05) is 4.57 Å². The fraction of sp³-hybridized carbons (Fsp3) is 0.412. The molecule has 134 valence electrons. The van der Waals surface area contributed by atoms with Gasteiger partial charge in [0.2, 0.25) is 0 Å². The number of carbonyl (C=O) groups excluding carboxylic acids is 1. The van der Waals surface area contributed by atoms with E-state index in [9.17, 15) is 4.79 Å². The predicted octanol–water partition coefficient (Wildman–Crippen LogP) is 2.46. The van der Waals surface area contributed by atoms with Crippen LogP contribution in [0.2, 0.25) is 0 Å². The Hall–Kier alpha value is -2.90. The zero-order valence-electron chi connectivity index (χ0n) is 14.5. The zero-order valence-corrected chi connectivity index (χ0v) is 14.5. The smallest absolute Gasteiger partial charge is 0.291 e. The fourth-order valence-electron chi connectivity index (χ4n) is 3.38. The molecule has 0 fully saturated rings. The second kappa shape index (κ2) is 7.33. The van der Waals surface area contributed by atoms with Crippen molar-refractivity contribution in [2.45, 2.75) is 32.7 Å². The van der Waals surface area contributed by atoms with E-state index in [-0.39, 0.29) is 17.4 Å². The number of nitrogens with one attached hydrogen (secondary N) is 1. The van der Waals surface area contributed by atoms with Gasteiger partial charge in [0.25, 0.3) is 11.0 Å². The molecule has 2 N–H and O–H groups in total. The summed E-state index contributed by atoms with van der Waals surface area (Å²) in [6.45, 7) is 4.53. The first-order chi connectivity index (χ1) is 11.8. The number of hydrogen-bond donors (Lipinski definition) is 2. The lowest BCUT2D eigenvalue weighted by atomic mass is 9.70. The highest BCUT2D eigenvalue weighted by Crippen LogP contribution is 2.46. The summed E-state index contributed by atoms with van der Waals surface area (Å²) in [5, 5.41) is 16.3. The Balaban J connectivity index is 0.000000511. The lowest BCUT2D eigenvalue weighted by Gasteiger charge is -2.41. The van der Waals surface area contributed by atoms with E-state index in [0.29, 0.717) is 5.69 Å². The van der Waals surface area contributed by atoms with Gasteiger partial charge in [-0.1, -0.05) is 38.1 Å². The molecule has 1 atom stereocenters. The normalized spacial score (nSPS) is 17.6. The summed E-state index contributed by atoms with van der Waals surface area (Å²) in [7, 11) is 1.65. The summed E-state index contributed by atoms with van der Waals surface area (Å²) in [5.74, 6) is -0.0913. The summed E-state index contributed by atoms with van der Waals surface area (Å²) >= 11 is 0. The Morgan fingerprint density at radius 3 is 2.72 bits per heavy atom. The number of fused-ring (bicyclic) bond motifs is 1. The van der Waals surface area contributed by atoms with Crippen LogP contribution in [0.25, 0.3) is 0 Å². The summed E-state index contributed by atoms with van der Waals surface area (Å²) in [6, 6.07) is 8.66. The number of aromatic nitrogens is 2. The first-order valence-corrected chi connectivity index (χ1v) is 7.93. The van der Waals surface area contributed by atoms with Crippen LogP contribution in [-0.4, -0.2) is 32.8 Å². The minimum atomic E-state index is -1.50. The van der Waals surface area contributed by atoms with Crippen LogP contribution in [0, 0.1) is 15.5 Å². The molecule has 0 spiro atoms. The quantitative estimate of drug-likeness (QED) is 0.641. The van der Waals surface area contributed by atoms with Crippen molar-refractivity contribution in [3.63, 3.8) is 0 Å². The Labute approximate surface area is 145 Å². The van der Waals surface area contributed by atoms with Gasteiger partial charge in [-0.15, -0.1) is 10.1 Å². The van der Waals surface area contributed by atoms with Crippen molar-refractivity contribution in [2.75, 3.05) is 7.05 Å². The zero-order chi connectivity index (χ0) is 18.6. The van der Waals surface area contributed by atoms with Crippen molar-refractivity contribution in [1.29, 1.82) is 0 Å². The predicted molar refractivity (Wildman–Crippen MR) is 91.1 cm³/mol. The van der Waals surface area contributed by atoms with Gasteiger partial charge in [0.05, 0.1) is 18.6 Å². The van der Waals surface area contributed by atoms with Crippen LogP contribution in [0.15, 0.2) is 36.8 Å². The van der Waals surface area contributed by atoms with Crippen molar-refractivity contribution < 1.29 is 15.1 Å². The molecular weight excluding hydrogens is 324 g/mol. The molecule has 0 radical (unpaired) electrons. The third-order valence-corrected chi connectivity index (χ3v) is 4.53. The molecule has 1 aromatic heterocycles. The molecule has 1 aromatic carbocycles. The van der Waals surface area contributed by atoms with E-state index in [1.165, 1.54) is 11.1 Å². The van der Waals surface area contributed by atoms with Gasteiger partial charge in [0, 0.05) is 7.05 Å². The molecule has 8 heteroatoms. The first kappa shape index (κ1) is 18.4. The van der Waals surface area contributed by atoms with Crippen molar-refractivity contribution in [1.82, 2.24) is 14.9 Å². The van der Waals surface area contributed by atoms with Gasteiger partial charge in [-0.25, -0.2) is 4.98 Å². The molecule has 2 aromatic rings. The molecule has 1 amide bonds. The lowest BCUT2D eigenvalue weighted by molar-refractivity contribution is -0.742. The molecule has 25 heavy (non-hydrogen) atoms. The van der Waals surface area contributed by atoms with Gasteiger partial charge >= 0.3 is 0 Å². The summed E-state index contributed by atoms with van der Waals surface area (Å²) in [5.41, 5.74) is 3.38. The molecule has 0 saturated heterocycles. The van der Waals surface area contributed by atoms with Gasteiger partial charge in [-0.3, -0.25) is 4.79 Å². The lowest BCUT2D eigenvalue weighted by Crippen LogP contribution is -2.35. The molecule has 1 aliphatic rings. The van der Waals surface area contributed by atoms with Gasteiger partial charge in [-0.05, 0) is 29.4 Å². The van der Waals surface area contributed by atoms with Gasteiger partial charge < -0.3 is 15.1 Å². The number of amides is 1. The second-order valence-electron chi connectivity index (χ2n) is 6.59. The van der Waals surface area contributed by atoms with Crippen LogP contribution in [0.4, 0.5) is 0 Å². The highest BCUT2D eigenvalue weighted by Gasteiger charge is 2.38. The monoisotopic (exact) mass is 346 g/mol. The number of carbonyl (C=O) groups is 1. The SMILES string of the molecule is CNC(=O)c1cncn1C1c2ccccc2CCC1(C)C.O=[N+]([O-])O. The maximum absolute atomic E-state index is 12.1. The molecule has 3 rings (SSSR count). The van der Waals surface area contributed by atoms with Crippen LogP contribution < -0.4 is 5.32 Å². The molecule has 1 unspecified atom stereocenters. The maximum atomic E-state index is 12.1. The summed E-state index contributed by atoms with van der Waals surface area (Å²) < 4.78 is 2.02. The Morgan fingerprint density at radius 2 is 2.08 bits per heavy atom. The largest absolute Gasteiger partial charge is 0.354 e. The van der Waals surface area contributed by atoms with Crippen LogP contribution in [0.1, 0.15) is 47.9 Å². The van der Waals surface area contributed by atoms with Crippen LogP contribution in [0.3, 0.4) is 0 Å².